The van der Waals surface area contributed by atoms with Crippen LogP contribution in [0, 0.1) is 0 Å². The summed E-state index contributed by atoms with van der Waals surface area (Å²) in [5.41, 5.74) is 1.32. The summed E-state index contributed by atoms with van der Waals surface area (Å²) >= 11 is 1.58. The van der Waals surface area contributed by atoms with E-state index in [1.165, 1.54) is 16.9 Å². The molecule has 19 heavy (non-hydrogen) atoms. The quantitative estimate of drug-likeness (QED) is 0.864. The van der Waals surface area contributed by atoms with Crippen LogP contribution >= 0.6 is 11.3 Å². The largest absolute Gasteiger partial charge is 0.354 e. The topological polar surface area (TPSA) is 58.2 Å². The lowest BCUT2D eigenvalue weighted by molar-refractivity contribution is -0.122. The molecular formula is C14H18N2O2S. The van der Waals surface area contributed by atoms with Crippen molar-refractivity contribution in [3.8, 4) is 0 Å². The van der Waals surface area contributed by atoms with Gasteiger partial charge in [0.1, 0.15) is 6.04 Å². The zero-order valence-corrected chi connectivity index (χ0v) is 11.6. The fourth-order valence-corrected chi connectivity index (χ4v) is 3.90. The molecule has 2 amide bonds. The molecule has 0 bridgehead atoms. The van der Waals surface area contributed by atoms with E-state index in [1.807, 2.05) is 6.07 Å². The van der Waals surface area contributed by atoms with Crippen LogP contribution in [0.15, 0.2) is 6.07 Å². The predicted molar refractivity (Wildman–Crippen MR) is 74.5 cm³/mol. The first-order chi connectivity index (χ1) is 9.24. The lowest BCUT2D eigenvalue weighted by Gasteiger charge is -2.14. The predicted octanol–water partition coefficient (Wildman–Crippen LogP) is 1.64. The molecule has 4 nitrogen and oxygen atoms in total. The summed E-state index contributed by atoms with van der Waals surface area (Å²) in [5.74, 6) is -0.142. The van der Waals surface area contributed by atoms with E-state index in [9.17, 15) is 9.59 Å². The number of thiophene rings is 1. The molecule has 1 saturated heterocycles. The van der Waals surface area contributed by atoms with E-state index in [4.69, 9.17) is 0 Å². The standard InChI is InChI=1S/C14H18N2O2S/c17-13-10(5-1-2-7-15-13)16-14(18)12-8-9-4-3-6-11(9)19-12/h8,10H,1-7H2,(H,15,17)(H,16,18). The molecule has 1 fully saturated rings. The van der Waals surface area contributed by atoms with Crippen molar-refractivity contribution in [3.05, 3.63) is 21.4 Å². The molecule has 1 unspecified atom stereocenters. The Morgan fingerprint density at radius 1 is 1.32 bits per heavy atom. The average Bonchev–Trinajstić information content (AvgIpc) is 2.91. The first-order valence-electron chi connectivity index (χ1n) is 6.94. The maximum atomic E-state index is 12.2. The molecule has 102 valence electrons. The fraction of sp³-hybridized carbons (Fsp3) is 0.571. The Labute approximate surface area is 116 Å². The molecule has 2 N–H and O–H groups in total. The van der Waals surface area contributed by atoms with Gasteiger partial charge in [0.25, 0.3) is 5.91 Å². The summed E-state index contributed by atoms with van der Waals surface area (Å²) in [6.45, 7) is 0.721. The average molecular weight is 278 g/mol. The van der Waals surface area contributed by atoms with E-state index >= 15 is 0 Å². The number of hydrogen-bond acceptors (Lipinski definition) is 3. The van der Waals surface area contributed by atoms with Crippen LogP contribution in [0.25, 0.3) is 0 Å². The van der Waals surface area contributed by atoms with Crippen molar-refractivity contribution in [1.82, 2.24) is 10.6 Å². The second-order valence-corrected chi connectivity index (χ2v) is 6.36. The highest BCUT2D eigenvalue weighted by Crippen LogP contribution is 2.30. The number of carbonyl (C=O) groups excluding carboxylic acids is 2. The van der Waals surface area contributed by atoms with Crippen LogP contribution < -0.4 is 10.6 Å². The Balaban J connectivity index is 1.68. The summed E-state index contributed by atoms with van der Waals surface area (Å²) in [6.07, 6.45) is 6.09. The third-order valence-corrected chi connectivity index (χ3v) is 5.05. The van der Waals surface area contributed by atoms with Crippen LogP contribution in [-0.4, -0.2) is 24.4 Å². The lowest BCUT2D eigenvalue weighted by atomic mass is 10.1. The molecule has 5 heteroatoms. The van der Waals surface area contributed by atoms with Gasteiger partial charge in [-0.05, 0) is 50.2 Å². The van der Waals surface area contributed by atoms with E-state index in [-0.39, 0.29) is 17.9 Å². The Bertz CT molecular complexity index is 488. The van der Waals surface area contributed by atoms with Gasteiger partial charge in [0.15, 0.2) is 0 Å². The molecule has 0 saturated carbocycles. The van der Waals surface area contributed by atoms with Crippen molar-refractivity contribution in [1.29, 1.82) is 0 Å². The van der Waals surface area contributed by atoms with Gasteiger partial charge in [-0.3, -0.25) is 9.59 Å². The van der Waals surface area contributed by atoms with Gasteiger partial charge in [0, 0.05) is 11.4 Å². The Morgan fingerprint density at radius 2 is 2.21 bits per heavy atom. The summed E-state index contributed by atoms with van der Waals surface area (Å²) in [6, 6.07) is 1.63. The normalized spacial score (nSPS) is 22.5. The van der Waals surface area contributed by atoms with Crippen molar-refractivity contribution in [2.24, 2.45) is 0 Å². The van der Waals surface area contributed by atoms with Gasteiger partial charge in [0.2, 0.25) is 5.91 Å². The highest BCUT2D eigenvalue weighted by atomic mass is 32.1. The van der Waals surface area contributed by atoms with E-state index in [0.29, 0.717) is 0 Å². The van der Waals surface area contributed by atoms with E-state index in [1.54, 1.807) is 11.3 Å². The van der Waals surface area contributed by atoms with Crippen molar-refractivity contribution >= 4 is 23.2 Å². The van der Waals surface area contributed by atoms with E-state index < -0.39 is 0 Å². The van der Waals surface area contributed by atoms with Gasteiger partial charge in [-0.1, -0.05) is 0 Å². The molecule has 0 aromatic carbocycles. The number of fused-ring (bicyclic) bond motifs is 1. The molecule has 1 aliphatic carbocycles. The highest BCUT2D eigenvalue weighted by molar-refractivity contribution is 7.14. The number of rotatable bonds is 2. The zero-order valence-electron chi connectivity index (χ0n) is 10.8. The monoisotopic (exact) mass is 278 g/mol. The van der Waals surface area contributed by atoms with Crippen LogP contribution in [0.1, 0.15) is 45.8 Å². The maximum absolute atomic E-state index is 12.2. The molecule has 0 spiro atoms. The Kier molecular flexibility index (Phi) is 3.55. The second-order valence-electron chi connectivity index (χ2n) is 5.23. The molecule has 1 aromatic heterocycles. The number of amides is 2. The van der Waals surface area contributed by atoms with Gasteiger partial charge in [-0.2, -0.15) is 0 Å². The molecular weight excluding hydrogens is 260 g/mol. The summed E-state index contributed by atoms with van der Waals surface area (Å²) < 4.78 is 0. The molecule has 1 aromatic rings. The van der Waals surface area contributed by atoms with Gasteiger partial charge < -0.3 is 10.6 Å². The SMILES string of the molecule is O=C(NC1CCCCNC1=O)c1cc2c(s1)CCC2. The van der Waals surface area contributed by atoms with Crippen LogP contribution in [0.5, 0.6) is 0 Å². The van der Waals surface area contributed by atoms with Gasteiger partial charge in [0.05, 0.1) is 4.88 Å². The molecule has 0 radical (unpaired) electrons. The van der Waals surface area contributed by atoms with Crippen molar-refractivity contribution in [2.45, 2.75) is 44.6 Å². The molecule has 1 atom stereocenters. The first-order valence-corrected chi connectivity index (χ1v) is 7.76. The van der Waals surface area contributed by atoms with Crippen molar-refractivity contribution in [3.63, 3.8) is 0 Å². The third kappa shape index (κ3) is 2.66. The van der Waals surface area contributed by atoms with Crippen LogP contribution in [0.4, 0.5) is 0 Å². The molecule has 2 heterocycles. The van der Waals surface area contributed by atoms with Crippen LogP contribution in [-0.2, 0) is 17.6 Å². The summed E-state index contributed by atoms with van der Waals surface area (Å²) in [4.78, 5) is 26.1. The van der Waals surface area contributed by atoms with Crippen molar-refractivity contribution < 1.29 is 9.59 Å². The zero-order chi connectivity index (χ0) is 13.2. The fourth-order valence-electron chi connectivity index (χ4n) is 2.75. The second kappa shape index (κ2) is 5.33. The Hall–Kier alpha value is -1.36. The van der Waals surface area contributed by atoms with Crippen LogP contribution in [0.2, 0.25) is 0 Å². The number of hydrogen-bond donors (Lipinski definition) is 2. The number of carbonyl (C=O) groups is 2. The first kappa shape index (κ1) is 12.7. The molecule has 2 aliphatic rings. The smallest absolute Gasteiger partial charge is 0.262 e. The summed E-state index contributed by atoms with van der Waals surface area (Å²) in [7, 11) is 0. The lowest BCUT2D eigenvalue weighted by Crippen LogP contribution is -2.45. The van der Waals surface area contributed by atoms with Crippen molar-refractivity contribution in [2.75, 3.05) is 6.54 Å². The molecule has 1 aliphatic heterocycles. The van der Waals surface area contributed by atoms with Gasteiger partial charge in [-0.25, -0.2) is 0 Å². The van der Waals surface area contributed by atoms with Crippen LogP contribution in [0.3, 0.4) is 0 Å². The summed E-state index contributed by atoms with van der Waals surface area (Å²) in [5, 5.41) is 5.71. The number of aryl methyl sites for hydroxylation is 2. The maximum Gasteiger partial charge on any atom is 0.262 e. The minimum atomic E-state index is -0.369. The molecule has 3 rings (SSSR count). The number of nitrogens with one attached hydrogen (secondary N) is 2. The third-order valence-electron chi connectivity index (χ3n) is 3.81. The van der Waals surface area contributed by atoms with E-state index in [0.717, 1.165) is 43.5 Å². The van der Waals surface area contributed by atoms with E-state index in [2.05, 4.69) is 10.6 Å². The minimum absolute atomic E-state index is 0.0463. The minimum Gasteiger partial charge on any atom is -0.354 e. The highest BCUT2D eigenvalue weighted by Gasteiger charge is 2.25. The van der Waals surface area contributed by atoms with Gasteiger partial charge in [-0.15, -0.1) is 11.3 Å². The van der Waals surface area contributed by atoms with Gasteiger partial charge >= 0.3 is 0 Å². The Morgan fingerprint density at radius 3 is 3.05 bits per heavy atom.